The molecular formula is C19H25N5O3S2. The molecule has 2 heterocycles. The summed E-state index contributed by atoms with van der Waals surface area (Å²) in [6.45, 7) is 6.34. The predicted molar refractivity (Wildman–Crippen MR) is 115 cm³/mol. The van der Waals surface area contributed by atoms with Crippen molar-refractivity contribution in [2.24, 2.45) is 7.05 Å². The van der Waals surface area contributed by atoms with Gasteiger partial charge in [-0.3, -0.25) is 4.79 Å². The number of hydrogen-bond acceptors (Lipinski definition) is 6. The topological polar surface area (TPSA) is 97.2 Å². The second kappa shape index (κ2) is 8.60. The number of amides is 1. The van der Waals surface area contributed by atoms with E-state index in [1.807, 2.05) is 37.8 Å². The van der Waals surface area contributed by atoms with Gasteiger partial charge in [0, 0.05) is 38.4 Å². The van der Waals surface area contributed by atoms with Crippen LogP contribution in [0, 0.1) is 6.92 Å². The zero-order chi connectivity index (χ0) is 21.2. The fraction of sp³-hybridized carbons (Fsp3) is 0.421. The zero-order valence-electron chi connectivity index (χ0n) is 17.0. The molecule has 0 aliphatic carbocycles. The highest BCUT2D eigenvalue weighted by Gasteiger charge is 2.22. The number of carbonyl (C=O) groups is 1. The van der Waals surface area contributed by atoms with Gasteiger partial charge < -0.3 is 9.88 Å². The van der Waals surface area contributed by atoms with Crippen LogP contribution >= 0.6 is 11.3 Å². The van der Waals surface area contributed by atoms with Crippen LogP contribution in [0.2, 0.25) is 0 Å². The molecule has 3 rings (SSSR count). The molecule has 3 aromatic rings. The second-order valence-electron chi connectivity index (χ2n) is 6.67. The molecule has 0 bridgehead atoms. The van der Waals surface area contributed by atoms with E-state index in [1.54, 1.807) is 18.2 Å². The van der Waals surface area contributed by atoms with E-state index in [0.717, 1.165) is 17.0 Å². The molecule has 10 heteroatoms. The molecule has 0 aliphatic heterocycles. The molecule has 0 saturated heterocycles. The van der Waals surface area contributed by atoms with Gasteiger partial charge in [-0.2, -0.15) is 4.31 Å². The number of aromatic nitrogens is 3. The third-order valence-electron chi connectivity index (χ3n) is 4.73. The molecule has 29 heavy (non-hydrogen) atoms. The summed E-state index contributed by atoms with van der Waals surface area (Å²) in [5.74, 6) is 0.596. The monoisotopic (exact) mass is 435 g/mol. The molecule has 0 radical (unpaired) electrons. The molecular weight excluding hydrogens is 410 g/mol. The number of sulfonamides is 1. The first-order valence-electron chi connectivity index (χ1n) is 9.43. The van der Waals surface area contributed by atoms with Crippen molar-refractivity contribution in [3.05, 3.63) is 35.1 Å². The summed E-state index contributed by atoms with van der Waals surface area (Å²) in [5, 5.41) is 5.25. The predicted octanol–water partition coefficient (Wildman–Crippen LogP) is 2.94. The van der Waals surface area contributed by atoms with E-state index in [9.17, 15) is 13.2 Å². The number of hydrogen-bond donors (Lipinski definition) is 1. The lowest BCUT2D eigenvalue weighted by molar-refractivity contribution is -0.116. The number of aryl methyl sites for hydroxylation is 3. The van der Waals surface area contributed by atoms with Gasteiger partial charge in [-0.1, -0.05) is 13.8 Å². The minimum atomic E-state index is -3.54. The number of benzene rings is 1. The Hall–Kier alpha value is -2.30. The quantitative estimate of drug-likeness (QED) is 0.587. The SMILES string of the molecule is CCN(CC)S(=O)(=O)c1ccc2c(c1)nc(CCC(=O)Nc1nc(C)cs1)n2C. The number of nitrogens with zero attached hydrogens (tertiary/aromatic N) is 4. The van der Waals surface area contributed by atoms with E-state index in [2.05, 4.69) is 15.3 Å². The summed E-state index contributed by atoms with van der Waals surface area (Å²) < 4.78 is 28.8. The van der Waals surface area contributed by atoms with Crippen molar-refractivity contribution in [2.75, 3.05) is 18.4 Å². The highest BCUT2D eigenvalue weighted by molar-refractivity contribution is 7.89. The van der Waals surface area contributed by atoms with Gasteiger partial charge in [-0.25, -0.2) is 18.4 Å². The number of rotatable bonds is 8. The number of fused-ring (bicyclic) bond motifs is 1. The van der Waals surface area contributed by atoms with Crippen LogP contribution in [0.5, 0.6) is 0 Å². The average molecular weight is 436 g/mol. The van der Waals surface area contributed by atoms with Gasteiger partial charge in [0.2, 0.25) is 15.9 Å². The number of imidazole rings is 1. The first-order chi connectivity index (χ1) is 13.8. The molecule has 2 aromatic heterocycles. The summed E-state index contributed by atoms with van der Waals surface area (Å²) in [6, 6.07) is 4.98. The molecule has 0 aliphatic rings. The lowest BCUT2D eigenvalue weighted by Gasteiger charge is -2.18. The van der Waals surface area contributed by atoms with Gasteiger partial charge in [0.05, 0.1) is 21.6 Å². The van der Waals surface area contributed by atoms with Crippen molar-refractivity contribution in [3.8, 4) is 0 Å². The molecule has 1 N–H and O–H groups in total. The van der Waals surface area contributed by atoms with Crippen LogP contribution in [0.1, 0.15) is 31.8 Å². The average Bonchev–Trinajstić information content (AvgIpc) is 3.23. The lowest BCUT2D eigenvalue weighted by atomic mass is 10.3. The molecule has 156 valence electrons. The minimum absolute atomic E-state index is 0.129. The van der Waals surface area contributed by atoms with Gasteiger partial charge >= 0.3 is 0 Å². The van der Waals surface area contributed by atoms with Crippen LogP contribution in [-0.2, 0) is 28.3 Å². The van der Waals surface area contributed by atoms with E-state index >= 15 is 0 Å². The van der Waals surface area contributed by atoms with Crippen molar-refractivity contribution in [1.29, 1.82) is 0 Å². The van der Waals surface area contributed by atoms with E-state index in [0.29, 0.717) is 30.2 Å². The van der Waals surface area contributed by atoms with Crippen molar-refractivity contribution in [3.63, 3.8) is 0 Å². The fourth-order valence-corrected chi connectivity index (χ4v) is 5.33. The Kier molecular flexibility index (Phi) is 6.35. The largest absolute Gasteiger partial charge is 0.331 e. The third-order valence-corrected chi connectivity index (χ3v) is 7.65. The molecule has 0 atom stereocenters. The summed E-state index contributed by atoms with van der Waals surface area (Å²) >= 11 is 1.39. The second-order valence-corrected chi connectivity index (χ2v) is 9.47. The van der Waals surface area contributed by atoms with Gasteiger partial charge in [0.1, 0.15) is 5.82 Å². The Morgan fingerprint density at radius 1 is 1.24 bits per heavy atom. The Bertz CT molecular complexity index is 1130. The van der Waals surface area contributed by atoms with Gasteiger partial charge in [0.25, 0.3) is 0 Å². The molecule has 1 amide bonds. The van der Waals surface area contributed by atoms with Crippen LogP contribution in [0.25, 0.3) is 11.0 Å². The first kappa shape index (κ1) is 21.4. The number of carbonyl (C=O) groups excluding carboxylic acids is 1. The lowest BCUT2D eigenvalue weighted by Crippen LogP contribution is -2.30. The van der Waals surface area contributed by atoms with Gasteiger partial charge in [-0.15, -0.1) is 11.3 Å². The maximum absolute atomic E-state index is 12.8. The fourth-order valence-electron chi connectivity index (χ4n) is 3.14. The molecule has 0 fully saturated rings. The van der Waals surface area contributed by atoms with Crippen LogP contribution in [0.3, 0.4) is 0 Å². The molecule has 0 saturated carbocycles. The maximum Gasteiger partial charge on any atom is 0.243 e. The van der Waals surface area contributed by atoms with Crippen molar-refractivity contribution >= 4 is 43.4 Å². The van der Waals surface area contributed by atoms with Crippen LogP contribution in [-0.4, -0.2) is 46.3 Å². The van der Waals surface area contributed by atoms with Crippen molar-refractivity contribution in [1.82, 2.24) is 18.8 Å². The highest BCUT2D eigenvalue weighted by Crippen LogP contribution is 2.23. The van der Waals surface area contributed by atoms with Gasteiger partial charge in [0.15, 0.2) is 5.13 Å². The Labute approximate surface area is 174 Å². The minimum Gasteiger partial charge on any atom is -0.331 e. The first-order valence-corrected chi connectivity index (χ1v) is 11.8. The van der Waals surface area contributed by atoms with E-state index in [4.69, 9.17) is 0 Å². The Balaban J connectivity index is 1.78. The van der Waals surface area contributed by atoms with Crippen LogP contribution < -0.4 is 5.32 Å². The molecule has 1 aromatic carbocycles. The Morgan fingerprint density at radius 2 is 1.97 bits per heavy atom. The summed E-state index contributed by atoms with van der Waals surface area (Å²) in [4.78, 5) is 21.2. The normalized spacial score (nSPS) is 12.0. The van der Waals surface area contributed by atoms with Gasteiger partial charge in [-0.05, 0) is 25.1 Å². The summed E-state index contributed by atoms with van der Waals surface area (Å²) in [6.07, 6.45) is 0.708. The van der Waals surface area contributed by atoms with E-state index < -0.39 is 10.0 Å². The number of nitrogens with one attached hydrogen (secondary N) is 1. The standard InChI is InChI=1S/C19H25N5O3S2/c1-5-24(6-2)29(26,27)14-7-8-16-15(11-14)21-17(23(16)4)9-10-18(25)22-19-20-13(3)12-28-19/h7-8,11-12H,5-6,9-10H2,1-4H3,(H,20,22,25). The molecule has 8 nitrogen and oxygen atoms in total. The van der Waals surface area contributed by atoms with Crippen LogP contribution in [0.15, 0.2) is 28.5 Å². The number of thiazole rings is 1. The molecule has 0 spiro atoms. The van der Waals surface area contributed by atoms with E-state index in [-0.39, 0.29) is 17.2 Å². The van der Waals surface area contributed by atoms with Crippen LogP contribution in [0.4, 0.5) is 5.13 Å². The molecule has 0 unspecified atom stereocenters. The zero-order valence-corrected chi connectivity index (χ0v) is 18.6. The highest BCUT2D eigenvalue weighted by atomic mass is 32.2. The number of anilines is 1. The third kappa shape index (κ3) is 4.49. The maximum atomic E-state index is 12.8. The summed E-state index contributed by atoms with van der Waals surface area (Å²) in [5.41, 5.74) is 2.30. The summed E-state index contributed by atoms with van der Waals surface area (Å²) in [7, 11) is -1.67. The smallest absolute Gasteiger partial charge is 0.243 e. The Morgan fingerprint density at radius 3 is 2.59 bits per heavy atom. The van der Waals surface area contributed by atoms with Crippen molar-refractivity contribution in [2.45, 2.75) is 38.5 Å². The van der Waals surface area contributed by atoms with E-state index in [1.165, 1.54) is 15.6 Å². The van der Waals surface area contributed by atoms with Crippen molar-refractivity contribution < 1.29 is 13.2 Å².